The molecular formula is C37H35F4N3O3. The quantitative estimate of drug-likeness (QED) is 0.113. The van der Waals surface area contributed by atoms with Crippen LogP contribution in [0.5, 0.6) is 17.2 Å². The summed E-state index contributed by atoms with van der Waals surface area (Å²) < 4.78 is 71.2. The third-order valence-electron chi connectivity index (χ3n) is 7.92. The number of halogens is 4. The molecule has 1 aliphatic heterocycles. The summed E-state index contributed by atoms with van der Waals surface area (Å²) in [6, 6.07) is 31.8. The Balaban J connectivity index is 1.41. The third-order valence-corrected chi connectivity index (χ3v) is 7.92. The van der Waals surface area contributed by atoms with Crippen LogP contribution in [-0.4, -0.2) is 33.8 Å². The van der Waals surface area contributed by atoms with Crippen LogP contribution in [0.15, 0.2) is 103 Å². The Labute approximate surface area is 271 Å². The van der Waals surface area contributed by atoms with Crippen LogP contribution in [0.3, 0.4) is 0 Å². The maximum absolute atomic E-state index is 13.8. The van der Waals surface area contributed by atoms with Crippen LogP contribution in [0.25, 0.3) is 22.6 Å². The highest BCUT2D eigenvalue weighted by molar-refractivity contribution is 5.68. The van der Waals surface area contributed by atoms with E-state index in [-0.39, 0.29) is 12.5 Å². The highest BCUT2D eigenvalue weighted by Crippen LogP contribution is 2.35. The Bertz CT molecular complexity index is 1780. The molecule has 0 saturated heterocycles. The van der Waals surface area contributed by atoms with Crippen molar-refractivity contribution < 1.29 is 31.8 Å². The molecule has 1 aromatic heterocycles. The molecule has 0 amide bonds. The van der Waals surface area contributed by atoms with Crippen molar-refractivity contribution in [1.82, 2.24) is 14.5 Å². The van der Waals surface area contributed by atoms with Gasteiger partial charge in [0.1, 0.15) is 11.6 Å². The second-order valence-electron chi connectivity index (χ2n) is 11.4. The number of nitrogens with zero attached hydrogens (tertiary/aromatic N) is 3. The summed E-state index contributed by atoms with van der Waals surface area (Å²) >= 11 is 0. The molecule has 47 heavy (non-hydrogen) atoms. The zero-order valence-corrected chi connectivity index (χ0v) is 25.9. The molecule has 0 fully saturated rings. The van der Waals surface area contributed by atoms with Crippen LogP contribution < -0.4 is 14.2 Å². The van der Waals surface area contributed by atoms with Crippen molar-refractivity contribution in [2.45, 2.75) is 58.5 Å². The van der Waals surface area contributed by atoms with E-state index in [9.17, 15) is 17.6 Å². The van der Waals surface area contributed by atoms with Crippen molar-refractivity contribution in [3.63, 3.8) is 0 Å². The second kappa shape index (κ2) is 14.3. The minimum absolute atomic E-state index is 0.151. The summed E-state index contributed by atoms with van der Waals surface area (Å²) in [6.07, 6.45) is -6.62. The summed E-state index contributed by atoms with van der Waals surface area (Å²) in [6.45, 7) is 4.26. The topological polar surface area (TPSA) is 48.8 Å². The van der Waals surface area contributed by atoms with Crippen molar-refractivity contribution >= 4 is 0 Å². The lowest BCUT2D eigenvalue weighted by molar-refractivity contribution is -0.253. The molecule has 6 rings (SSSR count). The third kappa shape index (κ3) is 7.60. The SMILES string of the molecule is CCCCn1c(-c2ccccc2)nc(-c2ccccc2)c1CN(Cc1cccc(OC(F)(F)C(F)F)c1)Cc1ccc2c(c1)OCO2. The van der Waals surface area contributed by atoms with Gasteiger partial charge in [0.15, 0.2) is 11.5 Å². The molecule has 0 radical (unpaired) electrons. The molecule has 4 aromatic carbocycles. The number of aromatic nitrogens is 2. The number of benzene rings is 4. The zero-order valence-electron chi connectivity index (χ0n) is 25.9. The van der Waals surface area contributed by atoms with Gasteiger partial charge in [-0.3, -0.25) is 4.90 Å². The van der Waals surface area contributed by atoms with E-state index in [1.807, 2.05) is 78.9 Å². The minimum atomic E-state index is -4.60. The van der Waals surface area contributed by atoms with Crippen LogP contribution in [-0.2, 0) is 26.2 Å². The average Bonchev–Trinajstić information content (AvgIpc) is 3.69. The first-order valence-electron chi connectivity index (χ1n) is 15.6. The largest absolute Gasteiger partial charge is 0.461 e. The van der Waals surface area contributed by atoms with Gasteiger partial charge in [-0.1, -0.05) is 92.2 Å². The van der Waals surface area contributed by atoms with Crippen molar-refractivity contribution in [3.8, 4) is 39.9 Å². The molecule has 0 spiro atoms. The maximum Gasteiger partial charge on any atom is 0.461 e. The molecule has 6 nitrogen and oxygen atoms in total. The molecule has 0 bridgehead atoms. The molecular weight excluding hydrogens is 610 g/mol. The molecule has 1 aliphatic rings. The number of ether oxygens (including phenoxy) is 3. The highest BCUT2D eigenvalue weighted by Gasteiger charge is 2.44. The van der Waals surface area contributed by atoms with Gasteiger partial charge in [-0.25, -0.2) is 4.98 Å². The van der Waals surface area contributed by atoms with Gasteiger partial charge >= 0.3 is 12.5 Å². The number of unbranched alkanes of at least 4 members (excludes halogenated alkanes) is 1. The van der Waals surface area contributed by atoms with Gasteiger partial charge < -0.3 is 18.8 Å². The first-order valence-corrected chi connectivity index (χ1v) is 15.6. The predicted octanol–water partition coefficient (Wildman–Crippen LogP) is 9.19. The van der Waals surface area contributed by atoms with Crippen LogP contribution in [0, 0.1) is 0 Å². The van der Waals surface area contributed by atoms with E-state index >= 15 is 0 Å². The second-order valence-corrected chi connectivity index (χ2v) is 11.4. The van der Waals surface area contributed by atoms with Crippen LogP contribution in [0.2, 0.25) is 0 Å². The average molecular weight is 646 g/mol. The normalized spacial score (nSPS) is 12.7. The molecule has 0 N–H and O–H groups in total. The van der Waals surface area contributed by atoms with Crippen molar-refractivity contribution in [2.75, 3.05) is 6.79 Å². The molecule has 244 valence electrons. The summed E-state index contributed by atoms with van der Waals surface area (Å²) in [5.41, 5.74) is 5.40. The van der Waals surface area contributed by atoms with E-state index in [1.165, 1.54) is 18.2 Å². The summed E-state index contributed by atoms with van der Waals surface area (Å²) in [4.78, 5) is 7.38. The number of imidazole rings is 1. The van der Waals surface area contributed by atoms with Gasteiger partial charge in [-0.2, -0.15) is 17.6 Å². The lowest BCUT2D eigenvalue weighted by atomic mass is 10.1. The minimum Gasteiger partial charge on any atom is -0.454 e. The van der Waals surface area contributed by atoms with Crippen LogP contribution in [0.4, 0.5) is 17.6 Å². The van der Waals surface area contributed by atoms with Crippen molar-refractivity contribution in [2.24, 2.45) is 0 Å². The molecule has 0 saturated carbocycles. The predicted molar refractivity (Wildman–Crippen MR) is 172 cm³/mol. The van der Waals surface area contributed by atoms with Crippen LogP contribution >= 0.6 is 0 Å². The molecule has 0 unspecified atom stereocenters. The Morgan fingerprint density at radius 2 is 1.49 bits per heavy atom. The summed E-state index contributed by atoms with van der Waals surface area (Å²) in [5.74, 6) is 1.85. The van der Waals surface area contributed by atoms with E-state index < -0.39 is 12.5 Å². The Morgan fingerprint density at radius 3 is 2.19 bits per heavy atom. The first-order chi connectivity index (χ1) is 22.8. The lowest BCUT2D eigenvalue weighted by Crippen LogP contribution is -2.33. The molecule has 2 heterocycles. The smallest absolute Gasteiger partial charge is 0.454 e. The van der Waals surface area contributed by atoms with Gasteiger partial charge in [0, 0.05) is 37.3 Å². The molecule has 0 aliphatic carbocycles. The van der Waals surface area contributed by atoms with E-state index in [1.54, 1.807) is 6.07 Å². The molecule has 0 atom stereocenters. The zero-order chi connectivity index (χ0) is 32.8. The number of alkyl halides is 4. The summed E-state index contributed by atoms with van der Waals surface area (Å²) in [7, 11) is 0. The monoisotopic (exact) mass is 645 g/mol. The highest BCUT2D eigenvalue weighted by atomic mass is 19.3. The van der Waals surface area contributed by atoms with Crippen molar-refractivity contribution in [1.29, 1.82) is 0 Å². The van der Waals surface area contributed by atoms with E-state index in [2.05, 4.69) is 21.1 Å². The van der Waals surface area contributed by atoms with Gasteiger partial charge in [0.25, 0.3) is 0 Å². The maximum atomic E-state index is 13.8. The molecule has 10 heteroatoms. The Hall–Kier alpha value is -4.83. The summed E-state index contributed by atoms with van der Waals surface area (Å²) in [5, 5.41) is 0. The lowest BCUT2D eigenvalue weighted by Gasteiger charge is -2.25. The number of fused-ring (bicyclic) bond motifs is 1. The Morgan fingerprint density at radius 1 is 0.809 bits per heavy atom. The van der Waals surface area contributed by atoms with Gasteiger partial charge in [-0.15, -0.1) is 0 Å². The number of hydrogen-bond acceptors (Lipinski definition) is 5. The standard InChI is InChI=1S/C37H35F4N3O3/c1-2-3-19-44-31(34(28-12-6-4-7-13-28)42-35(44)29-14-8-5-9-15-29)24-43(23-27-17-18-32-33(21-27)46-25-45-32)22-26-11-10-16-30(20-26)47-37(40,41)36(38)39/h4-18,20-21,36H,2-3,19,22-25H2,1H3. The van der Waals surface area contributed by atoms with Gasteiger partial charge in [-0.05, 0) is 41.8 Å². The Kier molecular flexibility index (Phi) is 9.77. The van der Waals surface area contributed by atoms with Crippen LogP contribution in [0.1, 0.15) is 36.6 Å². The number of rotatable bonds is 14. The number of hydrogen-bond donors (Lipinski definition) is 0. The van der Waals surface area contributed by atoms with E-state index in [0.29, 0.717) is 36.7 Å². The first kappa shape index (κ1) is 32.1. The van der Waals surface area contributed by atoms with E-state index in [0.717, 1.165) is 53.3 Å². The molecule has 5 aromatic rings. The van der Waals surface area contributed by atoms with E-state index in [4.69, 9.17) is 14.5 Å². The fourth-order valence-electron chi connectivity index (χ4n) is 5.68. The fourth-order valence-corrected chi connectivity index (χ4v) is 5.68. The van der Waals surface area contributed by atoms with Gasteiger partial charge in [0.2, 0.25) is 6.79 Å². The fraction of sp³-hybridized carbons (Fsp3) is 0.270. The van der Waals surface area contributed by atoms with Gasteiger partial charge in [0.05, 0.1) is 11.4 Å². The van der Waals surface area contributed by atoms with Crippen molar-refractivity contribution in [3.05, 3.63) is 120 Å².